The van der Waals surface area contributed by atoms with E-state index in [1.165, 1.54) is 5.56 Å². The Balaban J connectivity index is 1.14. The second-order valence-corrected chi connectivity index (χ2v) is 11.7. The Kier molecular flexibility index (Phi) is 6.38. The number of H-pyrrole nitrogens is 1. The molecule has 2 aliphatic rings. The van der Waals surface area contributed by atoms with E-state index in [0.29, 0.717) is 25.0 Å². The molecule has 3 heterocycles. The zero-order valence-electron chi connectivity index (χ0n) is 19.2. The molecule has 3 aromatic rings. The van der Waals surface area contributed by atoms with E-state index in [4.69, 9.17) is 0 Å². The average Bonchev–Trinajstić information content (AvgIpc) is 3.49. The summed E-state index contributed by atoms with van der Waals surface area (Å²) >= 11 is 0. The first-order chi connectivity index (χ1) is 16.0. The molecule has 8 heteroatoms. The van der Waals surface area contributed by atoms with Crippen LogP contribution < -0.4 is 4.90 Å². The number of hydrogen-bond donors (Lipinski definition) is 1. The zero-order valence-corrected chi connectivity index (χ0v) is 20.0. The molecule has 0 bridgehead atoms. The van der Waals surface area contributed by atoms with Crippen LogP contribution in [-0.4, -0.2) is 59.6 Å². The monoisotopic (exact) mass is 467 g/mol. The van der Waals surface area contributed by atoms with Crippen molar-refractivity contribution in [2.24, 2.45) is 11.8 Å². The highest BCUT2D eigenvalue weighted by Crippen LogP contribution is 2.33. The molecule has 1 saturated carbocycles. The molecule has 2 fully saturated rings. The van der Waals surface area contributed by atoms with E-state index in [9.17, 15) is 8.42 Å². The van der Waals surface area contributed by atoms with Crippen LogP contribution in [-0.2, 0) is 16.4 Å². The third-order valence-electron chi connectivity index (χ3n) is 7.49. The van der Waals surface area contributed by atoms with E-state index in [-0.39, 0.29) is 11.7 Å². The van der Waals surface area contributed by atoms with Gasteiger partial charge in [0.2, 0.25) is 10.0 Å². The maximum Gasteiger partial charge on any atom is 0.214 e. The molecule has 5 rings (SSSR count). The quantitative estimate of drug-likeness (QED) is 0.571. The van der Waals surface area contributed by atoms with E-state index < -0.39 is 10.0 Å². The molecule has 33 heavy (non-hydrogen) atoms. The molecule has 7 nitrogen and oxygen atoms in total. The maximum absolute atomic E-state index is 13.1. The van der Waals surface area contributed by atoms with E-state index in [0.717, 1.165) is 55.4 Å². The fourth-order valence-corrected chi connectivity index (χ4v) is 7.54. The summed E-state index contributed by atoms with van der Waals surface area (Å²) in [6.07, 6.45) is 9.27. The summed E-state index contributed by atoms with van der Waals surface area (Å²) in [5, 5.41) is 1.03. The Morgan fingerprint density at radius 2 is 1.82 bits per heavy atom. The molecule has 1 aromatic carbocycles. The first kappa shape index (κ1) is 22.3. The molecule has 2 aromatic heterocycles. The Labute approximate surface area is 196 Å². The van der Waals surface area contributed by atoms with Crippen LogP contribution in [0.5, 0.6) is 0 Å². The summed E-state index contributed by atoms with van der Waals surface area (Å²) in [6.45, 7) is 1.33. The lowest BCUT2D eigenvalue weighted by Gasteiger charge is -2.35. The number of nitrogens with zero attached hydrogens (tertiary/aromatic N) is 4. The molecule has 1 saturated heterocycles. The smallest absolute Gasteiger partial charge is 0.214 e. The van der Waals surface area contributed by atoms with Gasteiger partial charge in [0.25, 0.3) is 0 Å². The van der Waals surface area contributed by atoms with Crippen LogP contribution in [0.3, 0.4) is 0 Å². The first-order valence-corrected chi connectivity index (χ1v) is 13.6. The molecule has 0 spiro atoms. The largest absolute Gasteiger partial charge is 0.356 e. The van der Waals surface area contributed by atoms with Crippen LogP contribution in [0.4, 0.5) is 5.82 Å². The fraction of sp³-hybridized carbons (Fsp3) is 0.520. The van der Waals surface area contributed by atoms with Crippen LogP contribution in [0.25, 0.3) is 11.0 Å². The number of aromatic nitrogens is 3. The minimum Gasteiger partial charge on any atom is -0.356 e. The maximum atomic E-state index is 13.1. The van der Waals surface area contributed by atoms with Gasteiger partial charge in [-0.2, -0.15) is 0 Å². The summed E-state index contributed by atoms with van der Waals surface area (Å²) < 4.78 is 28.0. The predicted octanol–water partition coefficient (Wildman–Crippen LogP) is 3.85. The van der Waals surface area contributed by atoms with E-state index in [1.54, 1.807) is 10.6 Å². The fourth-order valence-electron chi connectivity index (χ4n) is 5.58. The molecule has 176 valence electrons. The molecule has 1 unspecified atom stereocenters. The van der Waals surface area contributed by atoms with Crippen molar-refractivity contribution >= 4 is 26.9 Å². The van der Waals surface area contributed by atoms with Crippen molar-refractivity contribution in [3.8, 4) is 0 Å². The Hall–Kier alpha value is -2.45. The third-order valence-corrected chi connectivity index (χ3v) is 9.50. The number of rotatable bonds is 7. The SMILES string of the molecule is CN(c1ncnc2[nH]ccc12)C1CCC(CS(=O)(=O)N2CCC(Cc3ccccc3)C2)CC1. The lowest BCUT2D eigenvalue weighted by Crippen LogP contribution is -2.39. The van der Waals surface area contributed by atoms with Gasteiger partial charge in [-0.25, -0.2) is 22.7 Å². The molecular formula is C25H33N5O2S. The van der Waals surface area contributed by atoms with E-state index in [2.05, 4.69) is 51.2 Å². The molecule has 1 aliphatic carbocycles. The number of hydrogen-bond acceptors (Lipinski definition) is 5. The Morgan fingerprint density at radius 1 is 1.03 bits per heavy atom. The highest BCUT2D eigenvalue weighted by atomic mass is 32.2. The normalized spacial score (nSPS) is 24.3. The van der Waals surface area contributed by atoms with E-state index >= 15 is 0 Å². The highest BCUT2D eigenvalue weighted by molar-refractivity contribution is 7.89. The second-order valence-electron chi connectivity index (χ2n) is 9.70. The van der Waals surface area contributed by atoms with Crippen molar-refractivity contribution in [3.05, 3.63) is 54.5 Å². The number of benzene rings is 1. The topological polar surface area (TPSA) is 82.2 Å². The van der Waals surface area contributed by atoms with Crippen LogP contribution in [0, 0.1) is 11.8 Å². The number of fused-ring (bicyclic) bond motifs is 1. The third kappa shape index (κ3) is 4.92. The summed E-state index contributed by atoms with van der Waals surface area (Å²) in [4.78, 5) is 14.2. The van der Waals surface area contributed by atoms with Crippen LogP contribution in [0.1, 0.15) is 37.7 Å². The van der Waals surface area contributed by atoms with Gasteiger partial charge in [0.1, 0.15) is 17.8 Å². The van der Waals surface area contributed by atoms with Crippen LogP contribution in [0.2, 0.25) is 0 Å². The van der Waals surface area contributed by atoms with E-state index in [1.807, 2.05) is 18.3 Å². The number of sulfonamides is 1. The number of nitrogens with one attached hydrogen (secondary N) is 1. The number of aromatic amines is 1. The molecule has 1 atom stereocenters. The van der Waals surface area contributed by atoms with Gasteiger partial charge < -0.3 is 9.88 Å². The van der Waals surface area contributed by atoms with Crippen LogP contribution in [0.15, 0.2) is 48.9 Å². The van der Waals surface area contributed by atoms with Crippen molar-refractivity contribution < 1.29 is 8.42 Å². The van der Waals surface area contributed by atoms with Crippen molar-refractivity contribution in [1.82, 2.24) is 19.3 Å². The predicted molar refractivity (Wildman–Crippen MR) is 132 cm³/mol. The minimum atomic E-state index is -3.20. The lowest BCUT2D eigenvalue weighted by atomic mass is 9.86. The first-order valence-electron chi connectivity index (χ1n) is 12.0. The van der Waals surface area contributed by atoms with Crippen LogP contribution >= 0.6 is 0 Å². The molecular weight excluding hydrogens is 434 g/mol. The van der Waals surface area contributed by atoms with Gasteiger partial charge in [-0.3, -0.25) is 0 Å². The summed E-state index contributed by atoms with van der Waals surface area (Å²) in [7, 11) is -1.11. The lowest BCUT2D eigenvalue weighted by molar-refractivity contribution is 0.335. The molecule has 1 N–H and O–H groups in total. The Morgan fingerprint density at radius 3 is 2.61 bits per heavy atom. The van der Waals surface area contributed by atoms with Crippen molar-refractivity contribution in [3.63, 3.8) is 0 Å². The average molecular weight is 468 g/mol. The summed E-state index contributed by atoms with van der Waals surface area (Å²) in [6, 6.07) is 12.8. The molecule has 1 aliphatic heterocycles. The second kappa shape index (κ2) is 9.43. The highest BCUT2D eigenvalue weighted by Gasteiger charge is 2.35. The summed E-state index contributed by atoms with van der Waals surface area (Å²) in [5.41, 5.74) is 2.15. The van der Waals surface area contributed by atoms with Gasteiger partial charge in [-0.15, -0.1) is 0 Å². The molecule has 0 amide bonds. The Bertz CT molecular complexity index is 1170. The van der Waals surface area contributed by atoms with Gasteiger partial charge in [-0.05, 0) is 62.0 Å². The van der Waals surface area contributed by atoms with Gasteiger partial charge >= 0.3 is 0 Å². The summed E-state index contributed by atoms with van der Waals surface area (Å²) in [5.74, 6) is 1.89. The zero-order chi connectivity index (χ0) is 22.8. The van der Waals surface area contributed by atoms with Gasteiger partial charge in [0, 0.05) is 32.4 Å². The standard InChI is InChI=1S/C25H33N5O2S/c1-29(25-23-11-13-26-24(23)27-18-28-25)22-9-7-20(8-10-22)17-33(31,32)30-14-12-21(16-30)15-19-5-3-2-4-6-19/h2-6,11,13,18,20-22H,7-10,12,14-17H2,1H3,(H,26,27,28). The van der Waals surface area contributed by atoms with Crippen molar-refractivity contribution in [2.45, 2.75) is 44.6 Å². The van der Waals surface area contributed by atoms with Crippen molar-refractivity contribution in [1.29, 1.82) is 0 Å². The number of anilines is 1. The van der Waals surface area contributed by atoms with Gasteiger partial charge in [0.05, 0.1) is 11.1 Å². The van der Waals surface area contributed by atoms with Crippen molar-refractivity contribution in [2.75, 3.05) is 30.8 Å². The van der Waals surface area contributed by atoms with Gasteiger partial charge in [-0.1, -0.05) is 30.3 Å². The van der Waals surface area contributed by atoms with Gasteiger partial charge in [0.15, 0.2) is 0 Å². The minimum absolute atomic E-state index is 0.241. The molecule has 0 radical (unpaired) electrons.